The molecule has 1 rings (SSSR count). The number of hydrogen-bond acceptors (Lipinski definition) is 6. The summed E-state index contributed by atoms with van der Waals surface area (Å²) in [5, 5.41) is 20.3. The summed E-state index contributed by atoms with van der Waals surface area (Å²) in [6.45, 7) is 1.43. The number of alkyl halides is 6. The third-order valence-electron chi connectivity index (χ3n) is 2.97. The van der Waals surface area contributed by atoms with Crippen LogP contribution in [0.4, 0.5) is 26.3 Å². The maximum Gasteiger partial charge on any atom is 0.438 e. The molecule has 0 saturated heterocycles. The van der Waals surface area contributed by atoms with Crippen molar-refractivity contribution in [3.63, 3.8) is 0 Å². The summed E-state index contributed by atoms with van der Waals surface area (Å²) in [4.78, 5) is 13.9. The number of carbonyl (C=O) groups is 1. The Hall–Kier alpha value is -1.56. The van der Waals surface area contributed by atoms with Crippen molar-refractivity contribution < 1.29 is 46.1 Å². The van der Waals surface area contributed by atoms with Gasteiger partial charge in [-0.05, 0) is 6.92 Å². The molecule has 3 N–H and O–H groups in total. The Bertz CT molecular complexity index is 492. The molecule has 2 atom stereocenters. The maximum atomic E-state index is 12.8. The van der Waals surface area contributed by atoms with Crippen LogP contribution in [0, 0.1) is 0 Å². The molecule has 1 aliphatic rings. The van der Waals surface area contributed by atoms with E-state index in [9.17, 15) is 41.4 Å². The minimum atomic E-state index is -5.55. The Balaban J connectivity index is 3.10. The number of nitrogens with one attached hydrogen (secondary N) is 1. The van der Waals surface area contributed by atoms with E-state index in [1.165, 1.54) is 12.2 Å². The second-order valence-electron chi connectivity index (χ2n) is 4.84. The predicted octanol–water partition coefficient (Wildman–Crippen LogP) is 1.22. The summed E-state index contributed by atoms with van der Waals surface area (Å²) in [5.74, 6) is -1.89. The summed E-state index contributed by atoms with van der Waals surface area (Å²) < 4.78 is 81.3. The van der Waals surface area contributed by atoms with Crippen LogP contribution in [0.1, 0.15) is 26.2 Å². The van der Waals surface area contributed by atoms with Gasteiger partial charge < -0.3 is 20.3 Å². The molecule has 1 aliphatic heterocycles. The number of rotatable bonds is 4. The van der Waals surface area contributed by atoms with Gasteiger partial charge in [0.1, 0.15) is 5.84 Å². The van der Waals surface area contributed by atoms with E-state index in [1.54, 1.807) is 0 Å². The van der Waals surface area contributed by atoms with E-state index in [1.807, 2.05) is 0 Å². The number of ether oxygens (including phenoxy) is 1. The highest BCUT2D eigenvalue weighted by atomic mass is 19.4. The molecule has 0 amide bonds. The molecule has 0 radical (unpaired) electrons. The van der Waals surface area contributed by atoms with Gasteiger partial charge in [0.2, 0.25) is 5.72 Å². The van der Waals surface area contributed by atoms with Gasteiger partial charge in [-0.1, -0.05) is 0 Å². The lowest BCUT2D eigenvalue weighted by molar-refractivity contribution is -0.322. The summed E-state index contributed by atoms with van der Waals surface area (Å²) in [7, 11) is 0. The van der Waals surface area contributed by atoms with Crippen molar-refractivity contribution in [3.05, 3.63) is 0 Å². The molecule has 0 aliphatic carbocycles. The van der Waals surface area contributed by atoms with Crippen LogP contribution in [-0.2, 0) is 9.53 Å². The SMILES string of the molecule is CCOC(=O)CCC1=NC(O)(C(F)(F)F)CC(O)(C(F)(F)F)N1. The van der Waals surface area contributed by atoms with E-state index in [4.69, 9.17) is 0 Å². The van der Waals surface area contributed by atoms with Gasteiger partial charge >= 0.3 is 18.3 Å². The monoisotopic (exact) mass is 352 g/mol. The van der Waals surface area contributed by atoms with Crippen molar-refractivity contribution in [1.82, 2.24) is 5.32 Å². The second kappa shape index (κ2) is 6.15. The lowest BCUT2D eigenvalue weighted by Crippen LogP contribution is -2.67. The van der Waals surface area contributed by atoms with Crippen molar-refractivity contribution in [2.24, 2.45) is 4.99 Å². The Morgan fingerprint density at radius 3 is 2.26 bits per heavy atom. The molecule has 0 spiro atoms. The van der Waals surface area contributed by atoms with Crippen LogP contribution in [-0.4, -0.2) is 52.4 Å². The van der Waals surface area contributed by atoms with Gasteiger partial charge in [-0.15, -0.1) is 0 Å². The molecule has 134 valence electrons. The van der Waals surface area contributed by atoms with Crippen LogP contribution in [0.5, 0.6) is 0 Å². The van der Waals surface area contributed by atoms with Crippen LogP contribution in [0.15, 0.2) is 4.99 Å². The van der Waals surface area contributed by atoms with Gasteiger partial charge in [0.05, 0.1) is 19.4 Å². The lowest BCUT2D eigenvalue weighted by atomic mass is 9.96. The van der Waals surface area contributed by atoms with Crippen LogP contribution in [0.3, 0.4) is 0 Å². The molecule has 23 heavy (non-hydrogen) atoms. The van der Waals surface area contributed by atoms with E-state index in [2.05, 4.69) is 9.73 Å². The van der Waals surface area contributed by atoms with E-state index in [0.29, 0.717) is 0 Å². The first-order valence-electron chi connectivity index (χ1n) is 6.35. The first-order chi connectivity index (χ1) is 10.2. The number of aliphatic hydroxyl groups is 2. The molecule has 0 saturated carbocycles. The van der Waals surface area contributed by atoms with Crippen LogP contribution in [0.25, 0.3) is 0 Å². The van der Waals surface area contributed by atoms with Gasteiger partial charge in [0, 0.05) is 6.42 Å². The van der Waals surface area contributed by atoms with Crippen molar-refractivity contribution in [1.29, 1.82) is 0 Å². The minimum absolute atomic E-state index is 0.0300. The molecular formula is C11H14F6N2O4. The minimum Gasteiger partial charge on any atom is -0.466 e. The van der Waals surface area contributed by atoms with Crippen molar-refractivity contribution >= 4 is 11.8 Å². The van der Waals surface area contributed by atoms with E-state index in [-0.39, 0.29) is 6.61 Å². The summed E-state index contributed by atoms with van der Waals surface area (Å²) in [6.07, 6.45) is -14.5. The van der Waals surface area contributed by atoms with Crippen LogP contribution >= 0.6 is 0 Å². The zero-order chi connectivity index (χ0) is 18.1. The summed E-state index contributed by atoms with van der Waals surface area (Å²) in [5.41, 5.74) is -8.17. The molecule has 6 nitrogen and oxygen atoms in total. The number of aliphatic imine (C=N–C) groups is 1. The highest BCUT2D eigenvalue weighted by molar-refractivity contribution is 5.87. The maximum absolute atomic E-state index is 12.8. The van der Waals surface area contributed by atoms with Crippen LogP contribution in [0.2, 0.25) is 0 Å². The molecule has 0 aromatic rings. The van der Waals surface area contributed by atoms with E-state index >= 15 is 0 Å². The van der Waals surface area contributed by atoms with Gasteiger partial charge in [0.25, 0.3) is 5.72 Å². The largest absolute Gasteiger partial charge is 0.466 e. The number of nitrogens with zero attached hydrogens (tertiary/aromatic N) is 1. The third kappa shape index (κ3) is 4.25. The number of esters is 1. The molecule has 2 unspecified atom stereocenters. The van der Waals surface area contributed by atoms with Gasteiger partial charge in [-0.2, -0.15) is 26.3 Å². The number of carbonyl (C=O) groups excluding carboxylic acids is 1. The first-order valence-corrected chi connectivity index (χ1v) is 6.35. The van der Waals surface area contributed by atoms with Crippen LogP contribution < -0.4 is 5.32 Å². The molecule has 0 fully saturated rings. The number of hydrogen-bond donors (Lipinski definition) is 3. The van der Waals surface area contributed by atoms with Crippen molar-refractivity contribution in [2.45, 2.75) is 50.0 Å². The van der Waals surface area contributed by atoms with Gasteiger partial charge in [0.15, 0.2) is 0 Å². The fourth-order valence-corrected chi connectivity index (χ4v) is 1.84. The quantitative estimate of drug-likeness (QED) is 0.523. The normalized spacial score (nSPS) is 28.8. The highest BCUT2D eigenvalue weighted by Gasteiger charge is 2.67. The molecule has 12 heteroatoms. The van der Waals surface area contributed by atoms with E-state index < -0.39 is 54.9 Å². The average molecular weight is 352 g/mol. The first kappa shape index (κ1) is 19.5. The molecule has 0 aromatic heterocycles. The molecule has 0 aromatic carbocycles. The smallest absolute Gasteiger partial charge is 0.438 e. The van der Waals surface area contributed by atoms with Gasteiger partial charge in [-0.25, -0.2) is 4.99 Å². The predicted molar refractivity (Wildman–Crippen MR) is 63.1 cm³/mol. The topological polar surface area (TPSA) is 91.2 Å². The Morgan fingerprint density at radius 2 is 1.83 bits per heavy atom. The standard InChI is InChI=1S/C11H14F6N2O4/c1-2-23-7(20)4-3-6-18-8(21,10(12,13)14)5-9(22,19-6)11(15,16)17/h21-22H,2-5H2,1H3,(H,18,19). The van der Waals surface area contributed by atoms with Crippen molar-refractivity contribution in [3.8, 4) is 0 Å². The zero-order valence-electron chi connectivity index (χ0n) is 11.8. The fraction of sp³-hybridized carbons (Fsp3) is 0.818. The Labute approximate surface area is 126 Å². The summed E-state index contributed by atoms with van der Waals surface area (Å²) >= 11 is 0. The van der Waals surface area contributed by atoms with Gasteiger partial charge in [-0.3, -0.25) is 4.79 Å². The average Bonchev–Trinajstić information content (AvgIpc) is 2.33. The molecule has 0 bridgehead atoms. The Kier molecular flexibility index (Phi) is 5.21. The highest BCUT2D eigenvalue weighted by Crippen LogP contribution is 2.44. The number of halogens is 6. The second-order valence-corrected chi connectivity index (χ2v) is 4.84. The lowest BCUT2D eigenvalue weighted by Gasteiger charge is -2.42. The number of amidine groups is 1. The third-order valence-corrected chi connectivity index (χ3v) is 2.97. The molecular weight excluding hydrogens is 338 g/mol. The Morgan fingerprint density at radius 1 is 1.26 bits per heavy atom. The van der Waals surface area contributed by atoms with E-state index in [0.717, 1.165) is 0 Å². The van der Waals surface area contributed by atoms with Crippen molar-refractivity contribution in [2.75, 3.05) is 6.61 Å². The fourth-order valence-electron chi connectivity index (χ4n) is 1.84. The molecule has 1 heterocycles. The zero-order valence-corrected chi connectivity index (χ0v) is 11.8. The summed E-state index contributed by atoms with van der Waals surface area (Å²) in [6, 6.07) is 0.